The molecule has 0 saturated carbocycles. The number of carbonyl (C=O) groups excluding carboxylic acids is 1. The number of hydrogen-bond donors (Lipinski definition) is 2. The van der Waals surface area contributed by atoms with Gasteiger partial charge >= 0.3 is 0 Å². The molecule has 1 aromatic carbocycles. The fourth-order valence-corrected chi connectivity index (χ4v) is 3.02. The highest BCUT2D eigenvalue weighted by Gasteiger charge is 2.20. The molecule has 0 aliphatic carbocycles. The number of halogens is 1. The molecule has 6 nitrogen and oxygen atoms in total. The average Bonchev–Trinajstić information content (AvgIpc) is 3.14. The number of furan rings is 1. The molecular weight excluding hydrogens is 355 g/mol. The number of anilines is 1. The summed E-state index contributed by atoms with van der Waals surface area (Å²) in [6.07, 6.45) is 1.63. The Hall–Kier alpha value is -2.45. The highest BCUT2D eigenvalue weighted by atomic mass is 32.1. The van der Waals surface area contributed by atoms with Crippen LogP contribution in [0.3, 0.4) is 0 Å². The second kappa shape index (κ2) is 8.77. The summed E-state index contributed by atoms with van der Waals surface area (Å²) in [6, 6.07) is 9.62. The number of amides is 1. The first-order chi connectivity index (χ1) is 12.6. The Labute approximate surface area is 157 Å². The number of benzene rings is 1. The third-order valence-corrected chi connectivity index (χ3v) is 4.53. The van der Waals surface area contributed by atoms with Gasteiger partial charge in [-0.2, -0.15) is 0 Å². The number of hydrogen-bond acceptors (Lipinski definition) is 4. The third-order valence-electron chi connectivity index (χ3n) is 4.13. The van der Waals surface area contributed by atoms with Crippen molar-refractivity contribution < 1.29 is 13.6 Å². The summed E-state index contributed by atoms with van der Waals surface area (Å²) >= 11 is 5.41. The van der Waals surface area contributed by atoms with Crippen molar-refractivity contribution in [2.75, 3.05) is 38.0 Å². The van der Waals surface area contributed by atoms with Gasteiger partial charge in [-0.3, -0.25) is 9.69 Å². The van der Waals surface area contributed by atoms with E-state index in [1.54, 1.807) is 18.4 Å². The molecule has 1 amide bonds. The van der Waals surface area contributed by atoms with Crippen LogP contribution in [-0.4, -0.2) is 53.5 Å². The van der Waals surface area contributed by atoms with Gasteiger partial charge in [-0.25, -0.2) is 4.39 Å². The number of nitrogens with zero attached hydrogens (tertiary/aromatic N) is 2. The van der Waals surface area contributed by atoms with Crippen LogP contribution >= 0.6 is 12.2 Å². The van der Waals surface area contributed by atoms with E-state index in [1.165, 1.54) is 12.1 Å². The van der Waals surface area contributed by atoms with E-state index >= 15 is 0 Å². The molecule has 0 bridgehead atoms. The SMILES string of the molecule is O=C(CN1CCN(C(=S)NCc2ccco2)CC1)Nc1cccc(F)c1. The molecule has 0 atom stereocenters. The maximum atomic E-state index is 13.2. The van der Waals surface area contributed by atoms with Crippen molar-refractivity contribution in [3.63, 3.8) is 0 Å². The van der Waals surface area contributed by atoms with E-state index in [9.17, 15) is 9.18 Å². The van der Waals surface area contributed by atoms with Crippen LogP contribution in [-0.2, 0) is 11.3 Å². The molecule has 2 N–H and O–H groups in total. The van der Waals surface area contributed by atoms with Gasteiger partial charge in [0.1, 0.15) is 11.6 Å². The van der Waals surface area contributed by atoms with Gasteiger partial charge in [0.15, 0.2) is 5.11 Å². The Bertz CT molecular complexity index is 745. The smallest absolute Gasteiger partial charge is 0.238 e. The van der Waals surface area contributed by atoms with E-state index in [1.807, 2.05) is 12.1 Å². The molecule has 8 heteroatoms. The molecule has 0 spiro atoms. The molecule has 1 saturated heterocycles. The van der Waals surface area contributed by atoms with Crippen LogP contribution < -0.4 is 10.6 Å². The van der Waals surface area contributed by atoms with E-state index in [0.717, 1.165) is 31.9 Å². The molecule has 1 aromatic heterocycles. The molecule has 1 fully saturated rings. The molecule has 0 unspecified atom stereocenters. The Morgan fingerprint density at radius 3 is 2.69 bits per heavy atom. The number of piperazine rings is 1. The highest BCUT2D eigenvalue weighted by Crippen LogP contribution is 2.10. The lowest BCUT2D eigenvalue weighted by Gasteiger charge is -2.35. The van der Waals surface area contributed by atoms with Gasteiger partial charge in [0.25, 0.3) is 0 Å². The Morgan fingerprint density at radius 1 is 1.19 bits per heavy atom. The van der Waals surface area contributed by atoms with Crippen LogP contribution in [0.4, 0.5) is 10.1 Å². The zero-order valence-electron chi connectivity index (χ0n) is 14.3. The summed E-state index contributed by atoms with van der Waals surface area (Å²) in [5.41, 5.74) is 0.469. The van der Waals surface area contributed by atoms with E-state index in [4.69, 9.17) is 16.6 Å². The lowest BCUT2D eigenvalue weighted by atomic mass is 10.3. The van der Waals surface area contributed by atoms with E-state index in [0.29, 0.717) is 17.3 Å². The van der Waals surface area contributed by atoms with Crippen LogP contribution in [0.15, 0.2) is 47.1 Å². The molecule has 1 aliphatic rings. The molecule has 138 valence electrons. The van der Waals surface area contributed by atoms with Gasteiger partial charge in [0, 0.05) is 31.9 Å². The number of rotatable bonds is 5. The zero-order chi connectivity index (χ0) is 18.4. The first kappa shape index (κ1) is 18.3. The molecule has 1 aliphatic heterocycles. The number of thiocarbonyl (C=S) groups is 1. The van der Waals surface area contributed by atoms with Gasteiger partial charge in [0.05, 0.1) is 19.4 Å². The van der Waals surface area contributed by atoms with Crippen LogP contribution in [0, 0.1) is 5.82 Å². The fourth-order valence-electron chi connectivity index (χ4n) is 2.77. The van der Waals surface area contributed by atoms with Crippen molar-refractivity contribution >= 4 is 28.9 Å². The minimum Gasteiger partial charge on any atom is -0.467 e. The second-order valence-corrected chi connectivity index (χ2v) is 6.45. The van der Waals surface area contributed by atoms with Gasteiger partial charge in [0.2, 0.25) is 5.91 Å². The highest BCUT2D eigenvalue weighted by molar-refractivity contribution is 7.80. The molecule has 2 heterocycles. The molecule has 0 radical (unpaired) electrons. The maximum absolute atomic E-state index is 13.2. The third kappa shape index (κ3) is 5.27. The largest absolute Gasteiger partial charge is 0.467 e. The summed E-state index contributed by atoms with van der Waals surface area (Å²) in [5.74, 6) is 0.314. The van der Waals surface area contributed by atoms with Crippen LogP contribution in [0.2, 0.25) is 0 Å². The quantitative estimate of drug-likeness (QED) is 0.779. The summed E-state index contributed by atoms with van der Waals surface area (Å²) in [6.45, 7) is 3.80. The summed E-state index contributed by atoms with van der Waals surface area (Å²) in [5, 5.41) is 6.58. The Kier molecular flexibility index (Phi) is 6.19. The monoisotopic (exact) mass is 376 g/mol. The van der Waals surface area contributed by atoms with Crippen molar-refractivity contribution in [3.8, 4) is 0 Å². The van der Waals surface area contributed by atoms with Crippen LogP contribution in [0.1, 0.15) is 5.76 Å². The van der Waals surface area contributed by atoms with Crippen LogP contribution in [0.25, 0.3) is 0 Å². The lowest BCUT2D eigenvalue weighted by molar-refractivity contribution is -0.117. The predicted molar refractivity (Wildman–Crippen MR) is 101 cm³/mol. The van der Waals surface area contributed by atoms with Crippen molar-refractivity contribution in [2.24, 2.45) is 0 Å². The van der Waals surface area contributed by atoms with Crippen molar-refractivity contribution in [3.05, 3.63) is 54.2 Å². The lowest BCUT2D eigenvalue weighted by Crippen LogP contribution is -2.52. The van der Waals surface area contributed by atoms with Gasteiger partial charge in [-0.05, 0) is 42.5 Å². The predicted octanol–water partition coefficient (Wildman–Crippen LogP) is 2.05. The summed E-state index contributed by atoms with van der Waals surface area (Å²) in [7, 11) is 0. The van der Waals surface area contributed by atoms with E-state index in [-0.39, 0.29) is 18.3 Å². The van der Waals surface area contributed by atoms with Crippen molar-refractivity contribution in [2.45, 2.75) is 6.54 Å². The number of carbonyl (C=O) groups is 1. The van der Waals surface area contributed by atoms with Crippen molar-refractivity contribution in [1.29, 1.82) is 0 Å². The Morgan fingerprint density at radius 2 is 2.00 bits per heavy atom. The minimum absolute atomic E-state index is 0.150. The first-order valence-corrected chi connectivity index (χ1v) is 8.84. The van der Waals surface area contributed by atoms with Gasteiger partial charge in [-0.15, -0.1) is 0 Å². The normalized spacial score (nSPS) is 14.9. The summed E-state index contributed by atoms with van der Waals surface area (Å²) < 4.78 is 18.4. The van der Waals surface area contributed by atoms with Gasteiger partial charge in [-0.1, -0.05) is 6.07 Å². The van der Waals surface area contributed by atoms with Crippen LogP contribution in [0.5, 0.6) is 0 Å². The summed E-state index contributed by atoms with van der Waals surface area (Å²) in [4.78, 5) is 16.2. The Balaban J connectivity index is 1.39. The van der Waals surface area contributed by atoms with E-state index in [2.05, 4.69) is 20.4 Å². The zero-order valence-corrected chi connectivity index (χ0v) is 15.1. The average molecular weight is 376 g/mol. The van der Waals surface area contributed by atoms with Gasteiger partial charge < -0.3 is 20.0 Å². The number of nitrogens with one attached hydrogen (secondary N) is 2. The first-order valence-electron chi connectivity index (χ1n) is 8.43. The second-order valence-electron chi connectivity index (χ2n) is 6.06. The van der Waals surface area contributed by atoms with E-state index < -0.39 is 0 Å². The molecule has 3 rings (SSSR count). The maximum Gasteiger partial charge on any atom is 0.238 e. The molecule has 26 heavy (non-hydrogen) atoms. The molecular formula is C18H21FN4O2S. The topological polar surface area (TPSA) is 60.8 Å². The fraction of sp³-hybridized carbons (Fsp3) is 0.333. The molecule has 2 aromatic rings. The van der Waals surface area contributed by atoms with Crippen molar-refractivity contribution in [1.82, 2.24) is 15.1 Å². The standard InChI is InChI=1S/C18H21FN4O2S/c19-14-3-1-4-15(11-14)21-17(24)13-22-6-8-23(9-7-22)18(26)20-12-16-5-2-10-25-16/h1-5,10-11H,6-9,12-13H2,(H,20,26)(H,21,24). The minimum atomic E-state index is -0.369.